The highest BCUT2D eigenvalue weighted by atomic mass is 16.5. The molecule has 0 aliphatic heterocycles. The Morgan fingerprint density at radius 2 is 2.27 bits per heavy atom. The van der Waals surface area contributed by atoms with Crippen LogP contribution in [-0.2, 0) is 19.1 Å². The van der Waals surface area contributed by atoms with Gasteiger partial charge in [-0.3, -0.25) is 0 Å². The fourth-order valence-corrected chi connectivity index (χ4v) is 0.992. The number of nitrogens with zero attached hydrogens (tertiary/aromatic N) is 2. The number of isocyanates is 1. The first-order valence-corrected chi connectivity index (χ1v) is 4.42. The molecule has 1 atom stereocenters. The number of aliphatic imine (C=N–C) groups is 1. The Labute approximate surface area is 87.5 Å². The first-order chi connectivity index (χ1) is 7.26. The molecule has 0 heterocycles. The zero-order valence-electron chi connectivity index (χ0n) is 8.43. The van der Waals surface area contributed by atoms with Gasteiger partial charge in [-0.15, -0.1) is 0 Å². The lowest BCUT2D eigenvalue weighted by molar-refractivity contribution is -0.142. The van der Waals surface area contributed by atoms with Crippen LogP contribution in [0.1, 0.15) is 19.3 Å². The average Bonchev–Trinajstić information content (AvgIpc) is 2.26. The Kier molecular flexibility index (Phi) is 7.64. The molecule has 0 saturated heterocycles. The molecule has 0 rings (SSSR count). The van der Waals surface area contributed by atoms with Gasteiger partial charge in [0.05, 0.1) is 7.11 Å². The Hall–Kier alpha value is -1.86. The van der Waals surface area contributed by atoms with Crippen molar-refractivity contribution in [3.8, 4) is 6.26 Å². The summed E-state index contributed by atoms with van der Waals surface area (Å²) in [7, 11) is 1.23. The van der Waals surface area contributed by atoms with Crippen LogP contribution in [0.5, 0.6) is 0 Å². The molecule has 0 aromatic heterocycles. The number of hydrogen-bond donors (Lipinski definition) is 0. The van der Waals surface area contributed by atoms with Crippen LogP contribution >= 0.6 is 0 Å². The van der Waals surface area contributed by atoms with Crippen LogP contribution in [0, 0.1) is 11.5 Å². The monoisotopic (exact) mass is 212 g/mol. The second-order valence-corrected chi connectivity index (χ2v) is 2.69. The molecule has 1 unspecified atom stereocenters. The summed E-state index contributed by atoms with van der Waals surface area (Å²) < 4.78 is 8.89. The lowest BCUT2D eigenvalue weighted by Crippen LogP contribution is -2.20. The molecule has 15 heavy (non-hydrogen) atoms. The van der Waals surface area contributed by atoms with Gasteiger partial charge in [0.25, 0.3) is 6.26 Å². The zero-order valence-corrected chi connectivity index (χ0v) is 8.43. The summed E-state index contributed by atoms with van der Waals surface area (Å²) in [6.45, 7) is 0.301. The summed E-state index contributed by atoms with van der Waals surface area (Å²) in [5, 5.41) is 8.07. The minimum Gasteiger partial charge on any atom is -0.467 e. The van der Waals surface area contributed by atoms with E-state index in [4.69, 9.17) is 5.26 Å². The van der Waals surface area contributed by atoms with E-state index < -0.39 is 12.0 Å². The molecule has 0 aliphatic carbocycles. The van der Waals surface area contributed by atoms with Crippen molar-refractivity contribution in [1.29, 1.82) is 5.26 Å². The van der Waals surface area contributed by atoms with E-state index in [2.05, 4.69) is 14.5 Å². The van der Waals surface area contributed by atoms with Crippen LogP contribution < -0.4 is 0 Å². The number of carbonyl (C=O) groups excluding carboxylic acids is 2. The van der Waals surface area contributed by atoms with E-state index in [1.54, 1.807) is 0 Å². The maximum absolute atomic E-state index is 11.0. The predicted molar refractivity (Wildman–Crippen MR) is 49.3 cm³/mol. The largest absolute Gasteiger partial charge is 0.467 e. The third-order valence-electron chi connectivity index (χ3n) is 1.72. The van der Waals surface area contributed by atoms with Crippen LogP contribution in [0.3, 0.4) is 0 Å². The van der Waals surface area contributed by atoms with Gasteiger partial charge in [-0.1, -0.05) is 0 Å². The number of ether oxygens (including phenoxy) is 2. The van der Waals surface area contributed by atoms with Gasteiger partial charge < -0.3 is 9.47 Å². The molecule has 0 N–H and O–H groups in total. The van der Waals surface area contributed by atoms with E-state index in [0.717, 1.165) is 0 Å². The van der Waals surface area contributed by atoms with Gasteiger partial charge in [0, 0.05) is 0 Å². The van der Waals surface area contributed by atoms with Crippen molar-refractivity contribution < 1.29 is 19.1 Å². The average molecular weight is 212 g/mol. The highest BCUT2D eigenvalue weighted by Crippen LogP contribution is 2.06. The third kappa shape index (κ3) is 6.24. The smallest absolute Gasteiger partial charge is 0.331 e. The molecule has 6 nitrogen and oxygen atoms in total. The minimum absolute atomic E-state index is 0.301. The van der Waals surface area contributed by atoms with Gasteiger partial charge >= 0.3 is 5.97 Å². The van der Waals surface area contributed by atoms with Crippen LogP contribution in [-0.4, -0.2) is 31.8 Å². The van der Waals surface area contributed by atoms with E-state index in [0.29, 0.717) is 25.9 Å². The zero-order chi connectivity index (χ0) is 11.5. The van der Waals surface area contributed by atoms with Crippen molar-refractivity contribution in [2.75, 3.05) is 13.7 Å². The number of methoxy groups -OCH3 is 1. The normalized spacial score (nSPS) is 10.7. The lowest BCUT2D eigenvalue weighted by Gasteiger charge is -2.06. The molecule has 82 valence electrons. The number of unbranched alkanes of at least 4 members (excludes halogenated alkanes) is 1. The third-order valence-corrected chi connectivity index (χ3v) is 1.72. The molecule has 0 saturated carbocycles. The molecule has 0 radical (unpaired) electrons. The van der Waals surface area contributed by atoms with Crippen LogP contribution in [0.25, 0.3) is 0 Å². The number of esters is 1. The second-order valence-electron chi connectivity index (χ2n) is 2.69. The summed E-state index contributed by atoms with van der Waals surface area (Å²) in [5.74, 6) is -0.556. The molecular weight excluding hydrogens is 200 g/mol. The maximum Gasteiger partial charge on any atom is 0.331 e. The summed E-state index contributed by atoms with van der Waals surface area (Å²) >= 11 is 0. The van der Waals surface area contributed by atoms with Gasteiger partial charge in [0.1, 0.15) is 6.61 Å². The molecule has 0 aromatic carbocycles. The Morgan fingerprint density at radius 1 is 1.53 bits per heavy atom. The summed E-state index contributed by atoms with van der Waals surface area (Å²) in [4.78, 5) is 24.4. The van der Waals surface area contributed by atoms with Gasteiger partial charge in [-0.05, 0) is 19.3 Å². The number of nitriles is 1. The summed E-state index contributed by atoms with van der Waals surface area (Å²) in [6, 6.07) is -0.797. The SMILES string of the molecule is COC(=O)C(CCCCOC#N)N=C=O. The fraction of sp³-hybridized carbons (Fsp3) is 0.667. The standard InChI is InChI=1S/C9H12N2O4/c1-14-9(13)8(11-7-12)4-2-3-5-15-6-10/h8H,2-5H2,1H3. The van der Waals surface area contributed by atoms with Crippen molar-refractivity contribution in [2.45, 2.75) is 25.3 Å². The van der Waals surface area contributed by atoms with Gasteiger partial charge in [-0.25, -0.2) is 9.59 Å². The maximum atomic E-state index is 11.0. The summed E-state index contributed by atoms with van der Waals surface area (Å²) in [6.07, 6.45) is 4.49. The van der Waals surface area contributed by atoms with Gasteiger partial charge in [0.2, 0.25) is 6.08 Å². The molecule has 6 heteroatoms. The number of hydrogen-bond acceptors (Lipinski definition) is 6. The van der Waals surface area contributed by atoms with Crippen LogP contribution in [0.15, 0.2) is 4.99 Å². The topological polar surface area (TPSA) is 88.8 Å². The molecule has 0 aromatic rings. The molecule has 0 amide bonds. The highest BCUT2D eigenvalue weighted by Gasteiger charge is 2.17. The quantitative estimate of drug-likeness (QED) is 0.202. The van der Waals surface area contributed by atoms with Crippen LogP contribution in [0.2, 0.25) is 0 Å². The van der Waals surface area contributed by atoms with E-state index >= 15 is 0 Å². The van der Waals surface area contributed by atoms with Crippen molar-refractivity contribution >= 4 is 12.0 Å². The van der Waals surface area contributed by atoms with E-state index in [-0.39, 0.29) is 0 Å². The van der Waals surface area contributed by atoms with Crippen molar-refractivity contribution in [3.63, 3.8) is 0 Å². The predicted octanol–water partition coefficient (Wildman–Crippen LogP) is 0.532. The molecule has 0 aliphatic rings. The molecule has 0 fully saturated rings. The van der Waals surface area contributed by atoms with Crippen molar-refractivity contribution in [3.05, 3.63) is 0 Å². The Morgan fingerprint density at radius 3 is 2.80 bits per heavy atom. The van der Waals surface area contributed by atoms with E-state index in [9.17, 15) is 9.59 Å². The van der Waals surface area contributed by atoms with Crippen molar-refractivity contribution in [1.82, 2.24) is 0 Å². The lowest BCUT2D eigenvalue weighted by atomic mass is 10.1. The van der Waals surface area contributed by atoms with Crippen LogP contribution in [0.4, 0.5) is 0 Å². The summed E-state index contributed by atoms with van der Waals surface area (Å²) in [5.41, 5.74) is 0. The minimum atomic E-state index is -0.797. The van der Waals surface area contributed by atoms with Gasteiger partial charge in [0.15, 0.2) is 6.04 Å². The molecular formula is C9H12N2O4. The molecule has 0 spiro atoms. The molecule has 0 bridgehead atoms. The second kappa shape index (κ2) is 8.73. The van der Waals surface area contributed by atoms with Gasteiger partial charge in [-0.2, -0.15) is 10.3 Å². The first-order valence-electron chi connectivity index (χ1n) is 4.42. The fourth-order valence-electron chi connectivity index (χ4n) is 0.992. The first kappa shape index (κ1) is 13.1. The number of carbonyl (C=O) groups is 1. The Balaban J connectivity index is 3.82. The van der Waals surface area contributed by atoms with E-state index in [1.807, 2.05) is 0 Å². The van der Waals surface area contributed by atoms with E-state index in [1.165, 1.54) is 19.4 Å². The van der Waals surface area contributed by atoms with Crippen molar-refractivity contribution in [2.24, 2.45) is 4.99 Å². The number of rotatable bonds is 7. The Bertz CT molecular complexity index is 278. The highest BCUT2D eigenvalue weighted by molar-refractivity contribution is 5.76.